The molecule has 0 radical (unpaired) electrons. The Bertz CT molecular complexity index is 934. The highest BCUT2D eigenvalue weighted by Crippen LogP contribution is 2.40. The predicted octanol–water partition coefficient (Wildman–Crippen LogP) is 4.22. The van der Waals surface area contributed by atoms with E-state index in [1.807, 2.05) is 18.2 Å². The molecule has 2 amide bonds. The third-order valence-electron chi connectivity index (χ3n) is 5.80. The van der Waals surface area contributed by atoms with Crippen LogP contribution in [0.1, 0.15) is 38.2 Å². The maximum absolute atomic E-state index is 13.0. The molecule has 0 bridgehead atoms. The lowest BCUT2D eigenvalue weighted by Crippen LogP contribution is -2.29. The molecule has 166 valence electrons. The Labute approximate surface area is 183 Å². The second-order valence-electron chi connectivity index (χ2n) is 7.68. The highest BCUT2D eigenvalue weighted by Gasteiger charge is 2.36. The summed E-state index contributed by atoms with van der Waals surface area (Å²) in [6.45, 7) is 4.62. The van der Waals surface area contributed by atoms with Crippen LogP contribution in [0.15, 0.2) is 36.4 Å². The first-order valence-corrected chi connectivity index (χ1v) is 10.4. The smallest absolute Gasteiger partial charge is 0.229 e. The molecule has 31 heavy (non-hydrogen) atoms. The van der Waals surface area contributed by atoms with E-state index in [0.717, 1.165) is 17.7 Å². The Balaban J connectivity index is 1.79. The van der Waals surface area contributed by atoms with E-state index in [2.05, 4.69) is 25.2 Å². The summed E-state index contributed by atoms with van der Waals surface area (Å²) in [6, 6.07) is 11.3. The molecule has 1 heterocycles. The lowest BCUT2D eigenvalue weighted by Gasteiger charge is -2.23. The van der Waals surface area contributed by atoms with Crippen LogP contribution >= 0.6 is 0 Å². The number of ether oxygens (including phenoxy) is 3. The van der Waals surface area contributed by atoms with Crippen molar-refractivity contribution in [2.45, 2.75) is 32.6 Å². The van der Waals surface area contributed by atoms with Gasteiger partial charge in [0.2, 0.25) is 17.6 Å². The van der Waals surface area contributed by atoms with Crippen LogP contribution in [0.4, 0.5) is 11.4 Å². The number of methoxy groups -OCH3 is 3. The van der Waals surface area contributed by atoms with Crippen molar-refractivity contribution in [1.82, 2.24) is 0 Å². The normalized spacial score (nSPS) is 16.7. The third kappa shape index (κ3) is 4.60. The molecule has 2 aromatic carbocycles. The summed E-state index contributed by atoms with van der Waals surface area (Å²) >= 11 is 0. The molecule has 7 nitrogen and oxygen atoms in total. The zero-order valence-electron chi connectivity index (χ0n) is 18.7. The molecule has 2 aromatic rings. The number of hydrogen-bond donors (Lipinski definition) is 1. The molecule has 0 saturated carbocycles. The number of hydrogen-bond acceptors (Lipinski definition) is 5. The molecule has 1 aliphatic heterocycles. The molecular formula is C24H30N2O5. The fraction of sp³-hybridized carbons (Fsp3) is 0.417. The summed E-state index contributed by atoms with van der Waals surface area (Å²) < 4.78 is 16.0. The number of nitrogens with zero attached hydrogens (tertiary/aromatic N) is 1. The minimum atomic E-state index is -0.448. The summed E-state index contributed by atoms with van der Waals surface area (Å²) in [5.41, 5.74) is 2.54. The minimum absolute atomic E-state index is 0.0409. The summed E-state index contributed by atoms with van der Waals surface area (Å²) in [6.07, 6.45) is 1.15. The van der Waals surface area contributed by atoms with Crippen molar-refractivity contribution in [2.75, 3.05) is 38.1 Å². The van der Waals surface area contributed by atoms with Crippen LogP contribution in [-0.2, 0) is 9.59 Å². The van der Waals surface area contributed by atoms with Gasteiger partial charge in [-0.1, -0.05) is 32.0 Å². The number of anilines is 2. The number of para-hydroxylation sites is 1. The van der Waals surface area contributed by atoms with Gasteiger partial charge in [-0.25, -0.2) is 0 Å². The quantitative estimate of drug-likeness (QED) is 0.684. The van der Waals surface area contributed by atoms with Crippen molar-refractivity contribution in [3.63, 3.8) is 0 Å². The first kappa shape index (κ1) is 22.5. The lowest BCUT2D eigenvalue weighted by atomic mass is 9.96. The molecule has 1 aliphatic rings. The average molecular weight is 427 g/mol. The number of carbonyl (C=O) groups is 2. The van der Waals surface area contributed by atoms with Crippen LogP contribution in [0.5, 0.6) is 17.2 Å². The minimum Gasteiger partial charge on any atom is -0.493 e. The van der Waals surface area contributed by atoms with Crippen LogP contribution in [0.2, 0.25) is 0 Å². The van der Waals surface area contributed by atoms with Gasteiger partial charge in [0.15, 0.2) is 11.5 Å². The summed E-state index contributed by atoms with van der Waals surface area (Å²) in [5, 5.41) is 2.89. The van der Waals surface area contributed by atoms with E-state index in [0.29, 0.717) is 35.4 Å². The second-order valence-corrected chi connectivity index (χ2v) is 7.68. The molecule has 1 fully saturated rings. The van der Waals surface area contributed by atoms with Gasteiger partial charge < -0.3 is 24.4 Å². The Morgan fingerprint density at radius 2 is 1.77 bits per heavy atom. The standard InChI is InChI=1S/C24H30N2O5/c1-6-15(2)18-9-7-8-10-19(18)26-14-16(11-22(26)27)24(28)25-17-12-20(29-3)23(31-5)21(13-17)30-4/h7-10,12-13,15-16H,6,11,14H2,1-5H3,(H,25,28). The number of carbonyl (C=O) groups excluding carboxylic acids is 2. The van der Waals surface area contributed by atoms with Crippen molar-refractivity contribution in [2.24, 2.45) is 5.92 Å². The number of amides is 2. The van der Waals surface area contributed by atoms with E-state index in [1.54, 1.807) is 17.0 Å². The van der Waals surface area contributed by atoms with E-state index in [4.69, 9.17) is 14.2 Å². The van der Waals surface area contributed by atoms with Crippen molar-refractivity contribution in [3.05, 3.63) is 42.0 Å². The van der Waals surface area contributed by atoms with Crippen molar-refractivity contribution < 1.29 is 23.8 Å². The molecular weight excluding hydrogens is 396 g/mol. The summed E-state index contributed by atoms with van der Waals surface area (Å²) in [5.74, 6) is 0.971. The van der Waals surface area contributed by atoms with Gasteiger partial charge in [0, 0.05) is 36.5 Å². The largest absolute Gasteiger partial charge is 0.493 e. The second kappa shape index (κ2) is 9.73. The zero-order valence-corrected chi connectivity index (χ0v) is 18.7. The first-order valence-electron chi connectivity index (χ1n) is 10.4. The topological polar surface area (TPSA) is 77.1 Å². The molecule has 0 aliphatic carbocycles. The van der Waals surface area contributed by atoms with Crippen molar-refractivity contribution >= 4 is 23.2 Å². The number of rotatable bonds is 8. The van der Waals surface area contributed by atoms with E-state index in [1.165, 1.54) is 21.3 Å². The summed E-state index contributed by atoms with van der Waals surface area (Å²) in [7, 11) is 4.56. The molecule has 7 heteroatoms. The zero-order chi connectivity index (χ0) is 22.5. The lowest BCUT2D eigenvalue weighted by molar-refractivity contribution is -0.122. The van der Waals surface area contributed by atoms with E-state index in [9.17, 15) is 9.59 Å². The molecule has 1 saturated heterocycles. The molecule has 3 rings (SSSR count). The maximum Gasteiger partial charge on any atom is 0.229 e. The fourth-order valence-corrected chi connectivity index (χ4v) is 3.88. The van der Waals surface area contributed by atoms with Crippen LogP contribution in [0.3, 0.4) is 0 Å². The molecule has 2 atom stereocenters. The average Bonchev–Trinajstić information content (AvgIpc) is 3.19. The Morgan fingerprint density at radius 3 is 2.35 bits per heavy atom. The Morgan fingerprint density at radius 1 is 1.13 bits per heavy atom. The van der Waals surface area contributed by atoms with Gasteiger partial charge >= 0.3 is 0 Å². The SMILES string of the molecule is CCC(C)c1ccccc1N1CC(C(=O)Nc2cc(OC)c(OC)c(OC)c2)CC1=O. The van der Waals surface area contributed by atoms with Crippen LogP contribution < -0.4 is 24.4 Å². The number of nitrogens with one attached hydrogen (secondary N) is 1. The van der Waals surface area contributed by atoms with E-state index >= 15 is 0 Å². The van der Waals surface area contributed by atoms with E-state index < -0.39 is 5.92 Å². The molecule has 0 aromatic heterocycles. The van der Waals surface area contributed by atoms with Crippen LogP contribution in [0.25, 0.3) is 0 Å². The van der Waals surface area contributed by atoms with Gasteiger partial charge in [-0.2, -0.15) is 0 Å². The van der Waals surface area contributed by atoms with E-state index in [-0.39, 0.29) is 18.2 Å². The van der Waals surface area contributed by atoms with Crippen molar-refractivity contribution in [3.8, 4) is 17.2 Å². The van der Waals surface area contributed by atoms with Gasteiger partial charge in [0.1, 0.15) is 0 Å². The number of benzene rings is 2. The monoisotopic (exact) mass is 426 g/mol. The Hall–Kier alpha value is -3.22. The third-order valence-corrected chi connectivity index (χ3v) is 5.80. The molecule has 0 spiro atoms. The highest BCUT2D eigenvalue weighted by atomic mass is 16.5. The van der Waals surface area contributed by atoms with Gasteiger partial charge in [0.05, 0.1) is 27.2 Å². The van der Waals surface area contributed by atoms with Crippen LogP contribution in [0, 0.1) is 5.92 Å². The van der Waals surface area contributed by atoms with Gasteiger partial charge in [0.25, 0.3) is 0 Å². The Kier molecular flexibility index (Phi) is 7.05. The van der Waals surface area contributed by atoms with Crippen molar-refractivity contribution in [1.29, 1.82) is 0 Å². The predicted molar refractivity (Wildman–Crippen MR) is 120 cm³/mol. The first-order chi connectivity index (χ1) is 14.9. The molecule has 2 unspecified atom stereocenters. The molecule has 1 N–H and O–H groups in total. The van der Waals surface area contributed by atoms with Gasteiger partial charge in [-0.05, 0) is 24.0 Å². The maximum atomic E-state index is 13.0. The van der Waals surface area contributed by atoms with Gasteiger partial charge in [-0.15, -0.1) is 0 Å². The van der Waals surface area contributed by atoms with Crippen LogP contribution in [-0.4, -0.2) is 39.7 Å². The highest BCUT2D eigenvalue weighted by molar-refractivity contribution is 6.04. The fourth-order valence-electron chi connectivity index (χ4n) is 3.88. The van der Waals surface area contributed by atoms with Gasteiger partial charge in [-0.3, -0.25) is 9.59 Å². The summed E-state index contributed by atoms with van der Waals surface area (Å²) in [4.78, 5) is 27.5.